The Hall–Kier alpha value is -2.21. The lowest BCUT2D eigenvalue weighted by atomic mass is 9.98. The fourth-order valence-electron chi connectivity index (χ4n) is 2.25. The number of aryl methyl sites for hydroxylation is 2. The Morgan fingerprint density at radius 1 is 1.35 bits per heavy atom. The Balaban J connectivity index is 1.88. The third-order valence-corrected chi connectivity index (χ3v) is 3.65. The Kier molecular flexibility index (Phi) is 5.50. The molecule has 0 bridgehead atoms. The minimum atomic E-state index is -0.700. The van der Waals surface area contributed by atoms with Gasteiger partial charge in [0.25, 0.3) is 5.91 Å². The number of hydrogen-bond donors (Lipinski definition) is 2. The number of nitrogens with one attached hydrogen (secondary N) is 1. The van der Waals surface area contributed by atoms with Gasteiger partial charge in [-0.15, -0.1) is 0 Å². The van der Waals surface area contributed by atoms with Crippen LogP contribution >= 0.6 is 0 Å². The van der Waals surface area contributed by atoms with Crippen molar-refractivity contribution in [1.82, 2.24) is 20.1 Å². The first-order valence-electron chi connectivity index (χ1n) is 7.77. The molecule has 0 saturated heterocycles. The zero-order chi connectivity index (χ0) is 16.9. The highest BCUT2D eigenvalue weighted by Gasteiger charge is 2.13. The number of aliphatic hydroxyl groups is 1. The number of rotatable bonds is 7. The monoisotopic (exact) mass is 316 g/mol. The summed E-state index contributed by atoms with van der Waals surface area (Å²) in [6.07, 6.45) is 3.54. The van der Waals surface area contributed by atoms with Crippen LogP contribution in [0.3, 0.4) is 0 Å². The average Bonchev–Trinajstić information content (AvgIpc) is 2.90. The maximum atomic E-state index is 12.2. The lowest BCUT2D eigenvalue weighted by Crippen LogP contribution is -2.26. The van der Waals surface area contributed by atoms with Crippen LogP contribution in [-0.4, -0.2) is 37.9 Å². The summed E-state index contributed by atoms with van der Waals surface area (Å²) in [4.78, 5) is 16.3. The summed E-state index contributed by atoms with van der Waals surface area (Å²) in [6, 6.07) is 7.52. The van der Waals surface area contributed by atoms with Gasteiger partial charge in [-0.1, -0.05) is 12.1 Å². The Morgan fingerprint density at radius 3 is 2.78 bits per heavy atom. The van der Waals surface area contributed by atoms with Crippen LogP contribution in [0.15, 0.2) is 30.6 Å². The van der Waals surface area contributed by atoms with Crippen molar-refractivity contribution in [3.8, 4) is 0 Å². The van der Waals surface area contributed by atoms with Crippen LogP contribution in [0.4, 0.5) is 0 Å². The second kappa shape index (κ2) is 7.37. The predicted molar refractivity (Wildman–Crippen MR) is 88.1 cm³/mol. The Labute approximate surface area is 136 Å². The summed E-state index contributed by atoms with van der Waals surface area (Å²) in [7, 11) is 1.83. The first-order valence-corrected chi connectivity index (χ1v) is 7.77. The molecule has 23 heavy (non-hydrogen) atoms. The summed E-state index contributed by atoms with van der Waals surface area (Å²) in [5.74, 6) is 0.738. The molecule has 0 saturated carbocycles. The molecule has 1 aromatic heterocycles. The third-order valence-electron chi connectivity index (χ3n) is 3.65. The maximum Gasteiger partial charge on any atom is 0.251 e. The van der Waals surface area contributed by atoms with Gasteiger partial charge < -0.3 is 10.4 Å². The topological polar surface area (TPSA) is 80.0 Å². The largest absolute Gasteiger partial charge is 0.390 e. The van der Waals surface area contributed by atoms with E-state index in [2.05, 4.69) is 15.4 Å². The molecule has 6 nitrogen and oxygen atoms in total. The van der Waals surface area contributed by atoms with Crippen LogP contribution in [0.5, 0.6) is 0 Å². The average molecular weight is 316 g/mol. The van der Waals surface area contributed by atoms with Gasteiger partial charge in [0.15, 0.2) is 0 Å². The second-order valence-corrected chi connectivity index (χ2v) is 6.32. The van der Waals surface area contributed by atoms with Crippen molar-refractivity contribution in [3.63, 3.8) is 0 Å². The zero-order valence-electron chi connectivity index (χ0n) is 13.9. The number of aromatic nitrogens is 3. The molecule has 2 aromatic rings. The third kappa shape index (κ3) is 5.49. The fourth-order valence-corrected chi connectivity index (χ4v) is 2.25. The molecule has 2 rings (SSSR count). The van der Waals surface area contributed by atoms with Gasteiger partial charge in [-0.3, -0.25) is 9.48 Å². The Bertz CT molecular complexity index is 659. The van der Waals surface area contributed by atoms with Gasteiger partial charge >= 0.3 is 0 Å². The molecule has 1 aromatic carbocycles. The Morgan fingerprint density at radius 2 is 2.13 bits per heavy atom. The van der Waals surface area contributed by atoms with Crippen molar-refractivity contribution < 1.29 is 9.90 Å². The lowest BCUT2D eigenvalue weighted by molar-refractivity contribution is 0.0714. The first kappa shape index (κ1) is 17.1. The van der Waals surface area contributed by atoms with Gasteiger partial charge in [0.2, 0.25) is 0 Å². The first-order chi connectivity index (χ1) is 10.8. The summed E-state index contributed by atoms with van der Waals surface area (Å²) >= 11 is 0. The van der Waals surface area contributed by atoms with E-state index in [9.17, 15) is 9.90 Å². The molecule has 0 aliphatic rings. The van der Waals surface area contributed by atoms with Gasteiger partial charge in [0.05, 0.1) is 5.60 Å². The van der Waals surface area contributed by atoms with E-state index in [1.54, 1.807) is 24.6 Å². The van der Waals surface area contributed by atoms with Gasteiger partial charge in [-0.2, -0.15) is 5.10 Å². The second-order valence-electron chi connectivity index (χ2n) is 6.32. The van der Waals surface area contributed by atoms with Crippen molar-refractivity contribution in [2.45, 2.75) is 38.7 Å². The predicted octanol–water partition coefficient (Wildman–Crippen LogP) is 1.49. The lowest BCUT2D eigenvalue weighted by Gasteiger charge is -2.16. The van der Waals surface area contributed by atoms with Gasteiger partial charge in [-0.05, 0) is 44.4 Å². The molecule has 124 valence electrons. The summed E-state index contributed by atoms with van der Waals surface area (Å²) in [6.45, 7) is 4.09. The molecule has 0 atom stereocenters. The van der Waals surface area contributed by atoms with Crippen LogP contribution in [0, 0.1) is 0 Å². The van der Waals surface area contributed by atoms with E-state index in [0.717, 1.165) is 17.8 Å². The molecular weight excluding hydrogens is 292 g/mol. The van der Waals surface area contributed by atoms with E-state index in [4.69, 9.17) is 0 Å². The van der Waals surface area contributed by atoms with Crippen LogP contribution in [-0.2, 0) is 19.9 Å². The molecule has 6 heteroatoms. The molecule has 0 aliphatic heterocycles. The normalized spacial score (nSPS) is 11.5. The van der Waals surface area contributed by atoms with E-state index in [1.807, 2.05) is 25.2 Å². The molecule has 1 amide bonds. The number of carbonyl (C=O) groups is 1. The smallest absolute Gasteiger partial charge is 0.251 e. The molecule has 0 spiro atoms. The number of hydrogen-bond acceptors (Lipinski definition) is 4. The summed E-state index contributed by atoms with van der Waals surface area (Å²) < 4.78 is 1.70. The molecule has 2 N–H and O–H groups in total. The highest BCUT2D eigenvalue weighted by molar-refractivity contribution is 5.94. The van der Waals surface area contributed by atoms with Crippen molar-refractivity contribution in [3.05, 3.63) is 47.5 Å². The molecule has 0 aliphatic carbocycles. The van der Waals surface area contributed by atoms with Crippen molar-refractivity contribution in [1.29, 1.82) is 0 Å². The molecule has 0 unspecified atom stereocenters. The number of amides is 1. The molecule has 0 radical (unpaired) electrons. The van der Waals surface area contributed by atoms with Gasteiger partial charge in [-0.25, -0.2) is 4.98 Å². The van der Waals surface area contributed by atoms with Crippen LogP contribution < -0.4 is 5.32 Å². The summed E-state index contributed by atoms with van der Waals surface area (Å²) in [5, 5.41) is 16.7. The number of nitrogens with zero attached hydrogens (tertiary/aromatic N) is 3. The maximum absolute atomic E-state index is 12.2. The van der Waals surface area contributed by atoms with E-state index in [-0.39, 0.29) is 5.91 Å². The van der Waals surface area contributed by atoms with E-state index < -0.39 is 5.60 Å². The standard InChI is InChI=1S/C17H24N4O2/c1-17(2,23)9-7-13-5-4-6-14(11-13)16(22)18-10-8-15-19-12-20-21(15)3/h4-6,11-12,23H,7-10H2,1-3H3,(H,18,22). The zero-order valence-corrected chi connectivity index (χ0v) is 13.9. The fraction of sp³-hybridized carbons (Fsp3) is 0.471. The van der Waals surface area contributed by atoms with E-state index in [0.29, 0.717) is 24.9 Å². The minimum Gasteiger partial charge on any atom is -0.390 e. The minimum absolute atomic E-state index is 0.0997. The summed E-state index contributed by atoms with van der Waals surface area (Å²) in [5.41, 5.74) is 0.984. The van der Waals surface area contributed by atoms with Crippen molar-refractivity contribution in [2.75, 3.05) is 6.54 Å². The highest BCUT2D eigenvalue weighted by atomic mass is 16.3. The number of benzene rings is 1. The van der Waals surface area contributed by atoms with Gasteiger partial charge in [0, 0.05) is 25.6 Å². The van der Waals surface area contributed by atoms with Crippen molar-refractivity contribution in [2.24, 2.45) is 7.05 Å². The van der Waals surface area contributed by atoms with Gasteiger partial charge in [0.1, 0.15) is 12.2 Å². The van der Waals surface area contributed by atoms with Crippen molar-refractivity contribution >= 4 is 5.91 Å². The van der Waals surface area contributed by atoms with Crippen LogP contribution in [0.25, 0.3) is 0 Å². The SMILES string of the molecule is Cn1ncnc1CCNC(=O)c1cccc(CCC(C)(C)O)c1. The molecular formula is C17H24N4O2. The van der Waals surface area contributed by atoms with Crippen LogP contribution in [0.1, 0.15) is 42.0 Å². The number of carbonyl (C=O) groups excluding carboxylic acids is 1. The quantitative estimate of drug-likeness (QED) is 0.811. The van der Waals surface area contributed by atoms with E-state index in [1.165, 1.54) is 6.33 Å². The molecule has 0 fully saturated rings. The highest BCUT2D eigenvalue weighted by Crippen LogP contribution is 2.14. The van der Waals surface area contributed by atoms with Crippen LogP contribution in [0.2, 0.25) is 0 Å². The van der Waals surface area contributed by atoms with E-state index >= 15 is 0 Å². The molecule has 1 heterocycles.